The van der Waals surface area contributed by atoms with Crippen LogP contribution in [0.5, 0.6) is 5.75 Å². The number of rotatable bonds is 3. The summed E-state index contributed by atoms with van der Waals surface area (Å²) >= 11 is 4.68. The Morgan fingerprint density at radius 3 is 2.45 bits per heavy atom. The first kappa shape index (κ1) is 15.5. The van der Waals surface area contributed by atoms with Gasteiger partial charge in [-0.05, 0) is 24.3 Å². The Labute approximate surface area is 130 Å². The molecule has 2 saturated heterocycles. The molecule has 2 fully saturated rings. The van der Waals surface area contributed by atoms with Crippen molar-refractivity contribution in [2.75, 3.05) is 16.4 Å². The molecule has 0 aromatic heterocycles. The topological polar surface area (TPSA) is 63.7 Å². The summed E-state index contributed by atoms with van der Waals surface area (Å²) in [6.07, 6.45) is 0.182. The highest BCUT2D eigenvalue weighted by molar-refractivity contribution is 7.91. The van der Waals surface area contributed by atoms with Crippen molar-refractivity contribution in [2.24, 2.45) is 5.92 Å². The lowest BCUT2D eigenvalue weighted by molar-refractivity contribution is -0.117. The number of carbonyl (C=O) groups is 1. The molecule has 0 bridgehead atoms. The van der Waals surface area contributed by atoms with E-state index >= 15 is 0 Å². The second-order valence-electron chi connectivity index (χ2n) is 5.41. The van der Waals surface area contributed by atoms with Crippen molar-refractivity contribution in [3.8, 4) is 5.75 Å². The van der Waals surface area contributed by atoms with Gasteiger partial charge >= 0.3 is 5.57 Å². The van der Waals surface area contributed by atoms with Crippen LogP contribution in [-0.2, 0) is 14.6 Å². The molecule has 22 heavy (non-hydrogen) atoms. The number of ether oxygens (including phenoxy) is 1. The first-order valence-electron chi connectivity index (χ1n) is 6.53. The van der Waals surface area contributed by atoms with Crippen LogP contribution in [0.2, 0.25) is 0 Å². The van der Waals surface area contributed by atoms with E-state index < -0.39 is 21.4 Å². The van der Waals surface area contributed by atoms with E-state index in [4.69, 9.17) is 0 Å². The second-order valence-corrected chi connectivity index (χ2v) is 8.01. The Morgan fingerprint density at radius 2 is 1.86 bits per heavy atom. The molecule has 5 nitrogen and oxygen atoms in total. The van der Waals surface area contributed by atoms with E-state index in [0.717, 1.165) is 0 Å². The first-order chi connectivity index (χ1) is 10.1. The number of hydrogen-bond donors (Lipinski definition) is 0. The average Bonchev–Trinajstić information content (AvgIpc) is 2.79. The number of alkyl halides is 3. The third-order valence-electron chi connectivity index (χ3n) is 3.82. The van der Waals surface area contributed by atoms with Crippen molar-refractivity contribution in [2.45, 2.75) is 18.0 Å². The summed E-state index contributed by atoms with van der Waals surface area (Å²) in [6.45, 7) is 0. The second kappa shape index (κ2) is 5.06. The predicted octanol–water partition coefficient (Wildman–Crippen LogP) is 2.00. The summed E-state index contributed by atoms with van der Waals surface area (Å²) in [5.41, 5.74) is -3.35. The van der Waals surface area contributed by atoms with Crippen LogP contribution in [-0.4, -0.2) is 37.4 Å². The van der Waals surface area contributed by atoms with Gasteiger partial charge in [0.2, 0.25) is 5.91 Å². The van der Waals surface area contributed by atoms with E-state index in [1.807, 2.05) is 0 Å². The Morgan fingerprint density at radius 1 is 1.23 bits per heavy atom. The van der Waals surface area contributed by atoms with Crippen molar-refractivity contribution in [3.63, 3.8) is 0 Å². The van der Waals surface area contributed by atoms with Crippen molar-refractivity contribution in [1.82, 2.24) is 0 Å². The minimum absolute atomic E-state index is 0.0135. The first-order valence-corrected chi connectivity index (χ1v) is 8.73. The molecule has 1 aromatic carbocycles. The van der Waals surface area contributed by atoms with Crippen LogP contribution < -0.4 is 9.64 Å². The number of carbonyl (C=O) groups excluding carboxylic acids is 1. The van der Waals surface area contributed by atoms with Crippen molar-refractivity contribution in [1.29, 1.82) is 0 Å². The van der Waals surface area contributed by atoms with E-state index in [9.17, 15) is 22.0 Å². The van der Waals surface area contributed by atoms with Crippen molar-refractivity contribution < 1.29 is 26.7 Å². The molecule has 2 aliphatic rings. The Balaban J connectivity index is 1.83. The zero-order chi connectivity index (χ0) is 16.1. The van der Waals surface area contributed by atoms with Gasteiger partial charge in [-0.15, -0.1) is 8.78 Å². The smallest absolute Gasteiger partial charge is 0.420 e. The van der Waals surface area contributed by atoms with Crippen LogP contribution in [0.1, 0.15) is 6.42 Å². The van der Waals surface area contributed by atoms with Gasteiger partial charge in [0, 0.05) is 29.6 Å². The Hall–Kier alpha value is -1.41. The zero-order valence-corrected chi connectivity index (χ0v) is 12.8. The summed E-state index contributed by atoms with van der Waals surface area (Å²) < 4.78 is 52.7. The van der Waals surface area contributed by atoms with E-state index in [0.29, 0.717) is 5.69 Å². The third kappa shape index (κ3) is 3.03. The fourth-order valence-electron chi connectivity index (χ4n) is 3.03. The van der Waals surface area contributed by atoms with E-state index in [-0.39, 0.29) is 35.5 Å². The maximum Gasteiger partial charge on any atom is 0.487 e. The lowest BCUT2D eigenvalue weighted by Gasteiger charge is -2.23. The summed E-state index contributed by atoms with van der Waals surface area (Å²) in [5, 5.41) is 0. The zero-order valence-electron chi connectivity index (χ0n) is 11.2. The van der Waals surface area contributed by atoms with Crippen LogP contribution >= 0.6 is 11.6 Å². The van der Waals surface area contributed by atoms with Gasteiger partial charge in [0.1, 0.15) is 5.75 Å². The van der Waals surface area contributed by atoms with Crippen LogP contribution in [0.15, 0.2) is 24.3 Å². The third-order valence-corrected chi connectivity index (χ3v) is 5.69. The lowest BCUT2D eigenvalue weighted by atomic mass is 10.0. The molecule has 2 heterocycles. The number of anilines is 1. The predicted molar refractivity (Wildman–Crippen MR) is 75.9 cm³/mol. The molecule has 0 spiro atoms. The van der Waals surface area contributed by atoms with Gasteiger partial charge in [-0.2, -0.15) is 0 Å². The standard InChI is InChI=1S/C13H12ClF2NO4S/c14-13(15,16)21-10-3-1-9(2-4-10)17-11-7-22(19,20)6-8(11)5-12(17)18/h1-4,8,11H,5-7H2. The maximum absolute atomic E-state index is 12.5. The molecule has 0 N–H and O–H groups in total. The normalized spacial score (nSPS) is 27.0. The van der Waals surface area contributed by atoms with Crippen molar-refractivity contribution >= 4 is 33.0 Å². The number of nitrogens with zero attached hydrogens (tertiary/aromatic N) is 1. The summed E-state index contributed by atoms with van der Waals surface area (Å²) in [4.78, 5) is 13.5. The number of halogens is 3. The summed E-state index contributed by atoms with van der Waals surface area (Å²) in [6, 6.07) is 5.00. The highest BCUT2D eigenvalue weighted by Gasteiger charge is 2.49. The molecule has 0 aliphatic carbocycles. The van der Waals surface area contributed by atoms with Crippen LogP contribution in [0, 0.1) is 5.92 Å². The molecule has 2 atom stereocenters. The Bertz CT molecular complexity index is 702. The summed E-state index contributed by atoms with van der Waals surface area (Å²) in [7, 11) is -3.14. The van der Waals surface area contributed by atoms with Gasteiger partial charge in [0.25, 0.3) is 0 Å². The van der Waals surface area contributed by atoms with Gasteiger partial charge in [0.05, 0.1) is 17.5 Å². The maximum atomic E-state index is 12.5. The van der Waals surface area contributed by atoms with E-state index in [1.165, 1.54) is 29.2 Å². The molecule has 2 unspecified atom stereocenters. The highest BCUT2D eigenvalue weighted by Crippen LogP contribution is 2.37. The van der Waals surface area contributed by atoms with Gasteiger partial charge in [-0.25, -0.2) is 8.42 Å². The fraction of sp³-hybridized carbons (Fsp3) is 0.462. The number of amides is 1. The fourth-order valence-corrected chi connectivity index (χ4v) is 5.19. The SMILES string of the molecule is O=C1CC2CS(=O)(=O)CC2N1c1ccc(OC(F)(F)Cl)cc1. The molecule has 2 aliphatic heterocycles. The molecular formula is C13H12ClF2NO4S. The van der Waals surface area contributed by atoms with Gasteiger partial charge in [-0.1, -0.05) is 0 Å². The molecular weight excluding hydrogens is 340 g/mol. The molecule has 120 valence electrons. The van der Waals surface area contributed by atoms with Gasteiger partial charge in [0.15, 0.2) is 9.84 Å². The Kier molecular flexibility index (Phi) is 3.56. The monoisotopic (exact) mass is 351 g/mol. The number of benzene rings is 1. The number of sulfone groups is 1. The van der Waals surface area contributed by atoms with Crippen LogP contribution in [0.25, 0.3) is 0 Å². The quantitative estimate of drug-likeness (QED) is 0.781. The lowest BCUT2D eigenvalue weighted by Crippen LogP contribution is -2.36. The summed E-state index contributed by atoms with van der Waals surface area (Å²) in [5.74, 6) is -0.575. The molecule has 3 rings (SSSR count). The van der Waals surface area contributed by atoms with Gasteiger partial charge in [-0.3, -0.25) is 4.79 Å². The number of fused-ring (bicyclic) bond motifs is 1. The molecule has 9 heteroatoms. The molecule has 1 amide bonds. The average molecular weight is 352 g/mol. The highest BCUT2D eigenvalue weighted by atomic mass is 35.5. The molecule has 1 aromatic rings. The van der Waals surface area contributed by atoms with Crippen LogP contribution in [0.3, 0.4) is 0 Å². The van der Waals surface area contributed by atoms with Crippen molar-refractivity contribution in [3.05, 3.63) is 24.3 Å². The van der Waals surface area contributed by atoms with E-state index in [1.54, 1.807) is 0 Å². The van der Waals surface area contributed by atoms with Crippen LogP contribution in [0.4, 0.5) is 14.5 Å². The minimum Gasteiger partial charge on any atom is -0.420 e. The van der Waals surface area contributed by atoms with E-state index in [2.05, 4.69) is 16.3 Å². The van der Waals surface area contributed by atoms with Gasteiger partial charge < -0.3 is 9.64 Å². The molecule has 0 radical (unpaired) electrons. The molecule has 0 saturated carbocycles. The number of hydrogen-bond acceptors (Lipinski definition) is 4. The minimum atomic E-state index is -3.81. The largest absolute Gasteiger partial charge is 0.487 e.